The highest BCUT2D eigenvalue weighted by Gasteiger charge is 2.32. The van der Waals surface area contributed by atoms with Crippen LogP contribution in [-0.4, -0.2) is 9.13 Å². The summed E-state index contributed by atoms with van der Waals surface area (Å²) in [6.45, 7) is 0. The predicted molar refractivity (Wildman–Crippen MR) is 215 cm³/mol. The Kier molecular flexibility index (Phi) is 6.29. The molecule has 5 heteroatoms. The van der Waals surface area contributed by atoms with E-state index < -0.39 is 0 Å². The zero-order valence-corrected chi connectivity index (χ0v) is 28.4. The summed E-state index contributed by atoms with van der Waals surface area (Å²) in [6, 6.07) is 61.8. The molecule has 10 aromatic rings. The normalized spacial score (nSPS) is 15.9. The average molecular weight is 673 g/mol. The van der Waals surface area contributed by atoms with Crippen molar-refractivity contribution in [2.75, 3.05) is 5.32 Å². The molecule has 0 fully saturated rings. The molecule has 0 bridgehead atoms. The molecule has 0 saturated carbocycles. The number of nitrogens with one attached hydrogen (secondary N) is 2. The SMILES string of the molecule is c1ccc(C2NC(n3c4ccccc4c4cc(-c5ccc6c(c5)c5ccccc5n6-c5ccccc5)ccc43)Nc3c2sc2ccccc32)cc1. The summed E-state index contributed by atoms with van der Waals surface area (Å²) in [6.07, 6.45) is -0.158. The number of benzene rings is 7. The molecule has 11 rings (SSSR count). The van der Waals surface area contributed by atoms with Crippen LogP contribution in [0.3, 0.4) is 0 Å². The number of thiophene rings is 1. The third-order valence-electron chi connectivity index (χ3n) is 10.6. The predicted octanol–water partition coefficient (Wildman–Crippen LogP) is 12.0. The number of fused-ring (bicyclic) bond motifs is 9. The van der Waals surface area contributed by atoms with Crippen LogP contribution in [0.2, 0.25) is 0 Å². The van der Waals surface area contributed by atoms with Crippen molar-refractivity contribution in [1.29, 1.82) is 0 Å². The van der Waals surface area contributed by atoms with Crippen LogP contribution in [0.5, 0.6) is 0 Å². The van der Waals surface area contributed by atoms with Crippen molar-refractivity contribution in [3.05, 3.63) is 180 Å². The first-order valence-corrected chi connectivity index (χ1v) is 18.3. The number of para-hydroxylation sites is 3. The summed E-state index contributed by atoms with van der Waals surface area (Å²) in [5, 5.41) is 14.3. The topological polar surface area (TPSA) is 33.9 Å². The minimum absolute atomic E-state index is 0.0603. The van der Waals surface area contributed by atoms with E-state index in [4.69, 9.17) is 0 Å². The summed E-state index contributed by atoms with van der Waals surface area (Å²) in [5.41, 5.74) is 10.9. The quantitative estimate of drug-likeness (QED) is 0.195. The Morgan fingerprint density at radius 3 is 1.78 bits per heavy atom. The maximum atomic E-state index is 4.03. The molecule has 2 atom stereocenters. The highest BCUT2D eigenvalue weighted by molar-refractivity contribution is 7.20. The van der Waals surface area contributed by atoms with E-state index in [0.717, 1.165) is 0 Å². The third-order valence-corrected chi connectivity index (χ3v) is 11.8. The zero-order chi connectivity index (χ0) is 33.5. The molecule has 7 aromatic carbocycles. The van der Waals surface area contributed by atoms with Gasteiger partial charge < -0.3 is 14.5 Å². The fourth-order valence-electron chi connectivity index (χ4n) is 8.33. The number of anilines is 1. The number of hydrogen-bond acceptors (Lipinski definition) is 3. The highest BCUT2D eigenvalue weighted by Crippen LogP contribution is 2.47. The summed E-state index contributed by atoms with van der Waals surface area (Å²) in [5.74, 6) is 0. The van der Waals surface area contributed by atoms with Crippen LogP contribution in [0.15, 0.2) is 170 Å². The molecule has 1 aliphatic heterocycles. The standard InChI is InChI=1S/C46H32N4S/c1-3-13-29(14-4-1)43-45-44(35-19-9-12-22-42(35)51-45)48-46(47-43)50-39-21-11-8-18-34(39)37-28-31(24-26-41(37)50)30-23-25-40-36(27-30)33-17-7-10-20-38(33)49(40)32-15-5-2-6-16-32/h1-28,43,46-48H. The molecule has 4 heterocycles. The Labute approximate surface area is 298 Å². The van der Waals surface area contributed by atoms with Crippen molar-refractivity contribution >= 4 is 70.7 Å². The van der Waals surface area contributed by atoms with Crippen molar-refractivity contribution in [2.45, 2.75) is 12.3 Å². The second kappa shape index (κ2) is 11.2. The van der Waals surface area contributed by atoms with Gasteiger partial charge in [-0.25, -0.2) is 0 Å². The third kappa shape index (κ3) is 4.35. The van der Waals surface area contributed by atoms with Gasteiger partial charge in [-0.2, -0.15) is 0 Å². The summed E-state index contributed by atoms with van der Waals surface area (Å²) >= 11 is 1.87. The molecule has 0 saturated heterocycles. The maximum absolute atomic E-state index is 4.03. The van der Waals surface area contributed by atoms with Crippen LogP contribution >= 0.6 is 11.3 Å². The van der Waals surface area contributed by atoms with E-state index in [2.05, 4.69) is 190 Å². The molecule has 2 N–H and O–H groups in total. The smallest absolute Gasteiger partial charge is 0.160 e. The maximum Gasteiger partial charge on any atom is 0.160 e. The van der Waals surface area contributed by atoms with E-state index in [1.54, 1.807) is 0 Å². The summed E-state index contributed by atoms with van der Waals surface area (Å²) in [7, 11) is 0. The Hall–Kier alpha value is -6.14. The van der Waals surface area contributed by atoms with Crippen LogP contribution in [0.1, 0.15) is 22.8 Å². The van der Waals surface area contributed by atoms with Crippen molar-refractivity contribution in [1.82, 2.24) is 14.5 Å². The van der Waals surface area contributed by atoms with Gasteiger partial charge in [0, 0.05) is 37.3 Å². The lowest BCUT2D eigenvalue weighted by molar-refractivity contribution is 0.422. The largest absolute Gasteiger partial charge is 0.351 e. The number of nitrogens with zero attached hydrogens (tertiary/aromatic N) is 2. The molecule has 0 amide bonds. The number of aromatic nitrogens is 2. The van der Waals surface area contributed by atoms with Crippen LogP contribution in [0.4, 0.5) is 5.69 Å². The molecule has 0 aliphatic carbocycles. The van der Waals surface area contributed by atoms with Gasteiger partial charge in [-0.05, 0) is 71.3 Å². The number of rotatable bonds is 4. The molecule has 0 radical (unpaired) electrons. The molecule has 51 heavy (non-hydrogen) atoms. The monoisotopic (exact) mass is 672 g/mol. The van der Waals surface area contributed by atoms with Gasteiger partial charge in [0.2, 0.25) is 0 Å². The molecule has 242 valence electrons. The van der Waals surface area contributed by atoms with Gasteiger partial charge in [0.1, 0.15) is 0 Å². The fraction of sp³-hybridized carbons (Fsp3) is 0.0435. The van der Waals surface area contributed by atoms with Crippen molar-refractivity contribution in [3.8, 4) is 16.8 Å². The fourth-order valence-corrected chi connectivity index (χ4v) is 9.59. The molecule has 2 unspecified atom stereocenters. The molecular weight excluding hydrogens is 641 g/mol. The van der Waals surface area contributed by atoms with Gasteiger partial charge in [0.15, 0.2) is 6.29 Å². The van der Waals surface area contributed by atoms with Crippen LogP contribution in [-0.2, 0) is 0 Å². The Balaban J connectivity index is 1.07. The zero-order valence-electron chi connectivity index (χ0n) is 27.6. The lowest BCUT2D eigenvalue weighted by Crippen LogP contribution is -2.39. The van der Waals surface area contributed by atoms with E-state index in [1.807, 2.05) is 11.3 Å². The average Bonchev–Trinajstić information content (AvgIpc) is 3.85. The summed E-state index contributed by atoms with van der Waals surface area (Å²) in [4.78, 5) is 1.32. The molecule has 1 aliphatic rings. The minimum atomic E-state index is -0.158. The van der Waals surface area contributed by atoms with Crippen molar-refractivity contribution in [3.63, 3.8) is 0 Å². The van der Waals surface area contributed by atoms with Gasteiger partial charge in [0.25, 0.3) is 0 Å². The van der Waals surface area contributed by atoms with Crippen molar-refractivity contribution in [2.24, 2.45) is 0 Å². The molecular formula is C46H32N4S. The second-order valence-electron chi connectivity index (χ2n) is 13.4. The lowest BCUT2D eigenvalue weighted by atomic mass is 10.0. The summed E-state index contributed by atoms with van der Waals surface area (Å²) < 4.78 is 6.13. The van der Waals surface area contributed by atoms with Crippen LogP contribution in [0, 0.1) is 0 Å². The van der Waals surface area contributed by atoms with Gasteiger partial charge in [-0.3, -0.25) is 5.32 Å². The van der Waals surface area contributed by atoms with E-state index in [1.165, 1.54) is 86.6 Å². The molecule has 0 spiro atoms. The molecule has 3 aromatic heterocycles. The van der Waals surface area contributed by atoms with E-state index in [-0.39, 0.29) is 12.3 Å². The molecule has 4 nitrogen and oxygen atoms in total. The Morgan fingerprint density at radius 1 is 0.471 bits per heavy atom. The van der Waals surface area contributed by atoms with Gasteiger partial charge in [0.05, 0.1) is 38.7 Å². The van der Waals surface area contributed by atoms with Crippen molar-refractivity contribution < 1.29 is 0 Å². The Morgan fingerprint density at radius 2 is 1.02 bits per heavy atom. The first kappa shape index (κ1) is 28.7. The highest BCUT2D eigenvalue weighted by atomic mass is 32.1. The first-order valence-electron chi connectivity index (χ1n) is 17.5. The van der Waals surface area contributed by atoms with Crippen LogP contribution < -0.4 is 10.6 Å². The van der Waals surface area contributed by atoms with Crippen LogP contribution in [0.25, 0.3) is 70.5 Å². The van der Waals surface area contributed by atoms with E-state index in [0.29, 0.717) is 0 Å². The number of hydrogen-bond donors (Lipinski definition) is 2. The van der Waals surface area contributed by atoms with E-state index >= 15 is 0 Å². The Bertz CT molecular complexity index is 2930. The first-order chi connectivity index (χ1) is 25.3. The van der Waals surface area contributed by atoms with Gasteiger partial charge in [-0.15, -0.1) is 11.3 Å². The van der Waals surface area contributed by atoms with Gasteiger partial charge in [-0.1, -0.05) is 115 Å². The second-order valence-corrected chi connectivity index (χ2v) is 14.5. The lowest BCUT2D eigenvalue weighted by Gasteiger charge is -2.35. The van der Waals surface area contributed by atoms with E-state index in [9.17, 15) is 0 Å². The van der Waals surface area contributed by atoms with Gasteiger partial charge >= 0.3 is 0 Å². The minimum Gasteiger partial charge on any atom is -0.351 e.